The first kappa shape index (κ1) is 48.0. The summed E-state index contributed by atoms with van der Waals surface area (Å²) < 4.78 is 53.8. The molecule has 18 nitrogen and oxygen atoms in total. The van der Waals surface area contributed by atoms with Crippen LogP contribution in [0.15, 0.2) is 72.8 Å². The molecule has 1 heterocycles. The van der Waals surface area contributed by atoms with Crippen LogP contribution in [0.3, 0.4) is 0 Å². The number of methoxy groups -OCH3 is 1. The van der Waals surface area contributed by atoms with E-state index in [1.165, 1.54) is 101 Å². The Hall–Kier alpha value is -3.16. The summed E-state index contributed by atoms with van der Waals surface area (Å²) in [5, 5.41) is 0. The second kappa shape index (κ2) is 20.8. The molecule has 0 fully saturated rings. The summed E-state index contributed by atoms with van der Waals surface area (Å²) in [6, 6.07) is 16.1. The molecule has 1 amide bonds. The molecule has 0 spiro atoms. The van der Waals surface area contributed by atoms with Crippen molar-refractivity contribution in [2.45, 2.75) is 20.1 Å². The van der Waals surface area contributed by atoms with Gasteiger partial charge in [0.05, 0.1) is 38.1 Å². The van der Waals surface area contributed by atoms with Crippen LogP contribution in [-0.4, -0.2) is 70.9 Å². The number of amides is 1. The fraction of sp³-hybridized carbons (Fsp3) is 0.212. The molecule has 4 rings (SSSR count). The fourth-order valence-electron chi connectivity index (χ4n) is 4.59. The predicted octanol–water partition coefficient (Wildman–Crippen LogP) is -3.23. The van der Waals surface area contributed by atoms with Crippen LogP contribution >= 0.6 is 15.6 Å². The quantitative estimate of drug-likeness (QED) is 0.0679. The average molecular weight is 821 g/mol. The maximum absolute atomic E-state index is 13.9. The number of ether oxygens (including phenoxy) is 4. The molecular weight excluding hydrogens is 788 g/mol. The van der Waals surface area contributed by atoms with E-state index in [9.17, 15) is 38.1 Å². The zero-order valence-electron chi connectivity index (χ0n) is 30.4. The second-order valence-electron chi connectivity index (χ2n) is 11.0. The molecule has 3 aromatic carbocycles. The Morgan fingerprint density at radius 1 is 0.691 bits per heavy atom. The minimum atomic E-state index is -5.03. The average Bonchev–Trinajstić information content (AvgIpc) is 3.42. The number of aromatic nitrogens is 1. The summed E-state index contributed by atoms with van der Waals surface area (Å²) in [5.74, 6) is -5.03. The molecule has 282 valence electrons. The monoisotopic (exact) mass is 820 g/mol. The molecule has 0 aliphatic carbocycles. The van der Waals surface area contributed by atoms with E-state index in [0.717, 1.165) is 9.47 Å². The topological polar surface area (TPSA) is 253 Å². The minimum absolute atomic E-state index is 0. The van der Waals surface area contributed by atoms with Crippen molar-refractivity contribution in [1.82, 2.24) is 9.47 Å². The van der Waals surface area contributed by atoms with Crippen molar-refractivity contribution < 1.29 is 135 Å². The van der Waals surface area contributed by atoms with Crippen molar-refractivity contribution >= 4 is 39.5 Å². The molecule has 55 heavy (non-hydrogen) atoms. The van der Waals surface area contributed by atoms with E-state index < -0.39 is 75.6 Å². The normalized spacial score (nSPS) is 12.8. The molecule has 0 aliphatic rings. The Morgan fingerprint density at radius 3 is 1.47 bits per heavy atom. The van der Waals surface area contributed by atoms with Gasteiger partial charge >= 0.3 is 77.0 Å². The molecule has 0 saturated heterocycles. The Morgan fingerprint density at radius 2 is 1.11 bits per heavy atom. The molecular formula is C33H32N2Na2O16P2. The van der Waals surface area contributed by atoms with E-state index in [2.05, 4.69) is 9.05 Å². The van der Waals surface area contributed by atoms with Gasteiger partial charge in [-0.3, -0.25) is 18.5 Å². The van der Waals surface area contributed by atoms with Crippen LogP contribution in [0.4, 0.5) is 0 Å². The smallest absolute Gasteiger partial charge is 0.756 e. The van der Waals surface area contributed by atoms with Gasteiger partial charge in [0.1, 0.15) is 5.75 Å². The van der Waals surface area contributed by atoms with Crippen LogP contribution in [0.1, 0.15) is 59.7 Å². The summed E-state index contributed by atoms with van der Waals surface area (Å²) in [6.45, 7) is 0.260. The minimum Gasteiger partial charge on any atom is -0.756 e. The summed E-state index contributed by atoms with van der Waals surface area (Å²) in [6.07, 6.45) is 0. The number of rotatable bonds is 15. The number of esters is 3. The first-order valence-corrected chi connectivity index (χ1v) is 18.2. The molecule has 0 radical (unpaired) electrons. The SMILES string of the molecule is CCOC(=O)c1c(OC(=O)c2ccc(COP(=O)([O-])O)cc2)c(OC(=O)c2ccc(COP(=O)([O-])O)cc2)c(C(=O)N(C)C)n1-c1ccc(OC)cc1.[Na+].[Na+]. The molecule has 22 heteroatoms. The molecule has 2 unspecified atom stereocenters. The van der Waals surface area contributed by atoms with Gasteiger partial charge in [-0.2, -0.15) is 0 Å². The van der Waals surface area contributed by atoms with Crippen molar-refractivity contribution in [3.63, 3.8) is 0 Å². The van der Waals surface area contributed by atoms with Crippen LogP contribution in [0, 0.1) is 0 Å². The molecule has 1 aromatic heterocycles. The third-order valence-electron chi connectivity index (χ3n) is 7.05. The van der Waals surface area contributed by atoms with Gasteiger partial charge in [0.2, 0.25) is 11.5 Å². The number of hydrogen-bond acceptors (Lipinski definition) is 14. The van der Waals surface area contributed by atoms with Crippen LogP contribution in [0.25, 0.3) is 5.69 Å². The Bertz CT molecular complexity index is 2080. The van der Waals surface area contributed by atoms with Crippen LogP contribution in [0.5, 0.6) is 17.2 Å². The van der Waals surface area contributed by atoms with Crippen LogP contribution in [-0.2, 0) is 36.1 Å². The van der Waals surface area contributed by atoms with Gasteiger partial charge in [-0.05, 0) is 66.6 Å². The molecule has 4 aromatic rings. The van der Waals surface area contributed by atoms with E-state index in [1.54, 1.807) is 0 Å². The van der Waals surface area contributed by atoms with Crippen LogP contribution < -0.4 is 83.1 Å². The summed E-state index contributed by atoms with van der Waals surface area (Å²) in [5.41, 5.74) is -0.581. The number of carbonyl (C=O) groups excluding carboxylic acids is 4. The molecule has 0 bridgehead atoms. The zero-order chi connectivity index (χ0) is 39.1. The number of phosphoric ester groups is 2. The van der Waals surface area contributed by atoms with Crippen molar-refractivity contribution in [3.05, 3.63) is 106 Å². The van der Waals surface area contributed by atoms with Crippen molar-refractivity contribution in [2.24, 2.45) is 0 Å². The largest absolute Gasteiger partial charge is 1.00 e. The Labute approximate surface area is 358 Å². The first-order chi connectivity index (χ1) is 24.9. The zero-order valence-corrected chi connectivity index (χ0v) is 36.2. The number of hydrogen-bond donors (Lipinski definition) is 2. The van der Waals surface area contributed by atoms with Gasteiger partial charge in [0.15, 0.2) is 11.4 Å². The maximum atomic E-state index is 13.9. The molecule has 0 saturated carbocycles. The van der Waals surface area contributed by atoms with E-state index in [1.807, 2.05) is 0 Å². The van der Waals surface area contributed by atoms with Gasteiger partial charge in [0, 0.05) is 19.8 Å². The number of phosphoric acid groups is 2. The van der Waals surface area contributed by atoms with Gasteiger partial charge in [-0.15, -0.1) is 0 Å². The first-order valence-electron chi connectivity index (χ1n) is 15.2. The summed E-state index contributed by atoms with van der Waals surface area (Å²) in [7, 11) is -5.87. The number of benzene rings is 3. The van der Waals surface area contributed by atoms with E-state index in [-0.39, 0.29) is 93.7 Å². The third kappa shape index (κ3) is 13.2. The Balaban J connectivity index is 0.00000523. The van der Waals surface area contributed by atoms with E-state index >= 15 is 0 Å². The molecule has 2 N–H and O–H groups in total. The van der Waals surface area contributed by atoms with Crippen molar-refractivity contribution in [2.75, 3.05) is 27.8 Å². The molecule has 2 atom stereocenters. The Kier molecular flexibility index (Phi) is 18.2. The van der Waals surface area contributed by atoms with Crippen molar-refractivity contribution in [3.8, 4) is 22.9 Å². The molecule has 0 aliphatic heterocycles. The fourth-order valence-corrected chi connectivity index (χ4v) is 5.21. The predicted molar refractivity (Wildman–Crippen MR) is 178 cm³/mol. The standard InChI is InChI=1S/C33H34N2O16P2.2Na/c1-5-47-33(39)27-29(51-32(38)23-12-8-21(9-13-23)19-49-53(43,44)45)28(50-31(37)22-10-6-20(7-11-22)18-48-52(40,41)42)26(30(36)34(2)3)35(27)24-14-16-25(46-4)17-15-24;;/h6-17H,5,18-19H2,1-4H3,(H2,40,41,42)(H2,43,44,45);;/q;2*+1/p-2. The van der Waals surface area contributed by atoms with E-state index in [4.69, 9.17) is 28.7 Å². The maximum Gasteiger partial charge on any atom is 1.00 e. The van der Waals surface area contributed by atoms with Gasteiger partial charge < -0.3 is 52.5 Å². The summed E-state index contributed by atoms with van der Waals surface area (Å²) >= 11 is 0. The van der Waals surface area contributed by atoms with Gasteiger partial charge in [0.25, 0.3) is 21.6 Å². The van der Waals surface area contributed by atoms with Gasteiger partial charge in [-0.25, -0.2) is 14.4 Å². The number of nitrogens with zero attached hydrogens (tertiary/aromatic N) is 2. The van der Waals surface area contributed by atoms with E-state index in [0.29, 0.717) is 5.75 Å². The second-order valence-corrected chi connectivity index (χ2v) is 13.4. The third-order valence-corrected chi connectivity index (χ3v) is 7.96. The van der Waals surface area contributed by atoms with Crippen LogP contribution in [0.2, 0.25) is 0 Å². The summed E-state index contributed by atoms with van der Waals surface area (Å²) in [4.78, 5) is 95.7. The number of carbonyl (C=O) groups is 4. The van der Waals surface area contributed by atoms with Gasteiger partial charge in [-0.1, -0.05) is 24.3 Å². The van der Waals surface area contributed by atoms with Crippen molar-refractivity contribution in [1.29, 1.82) is 0 Å².